The van der Waals surface area contributed by atoms with Gasteiger partial charge in [0.25, 0.3) is 0 Å². The Kier molecular flexibility index (Phi) is 7.84. The Hall–Kier alpha value is -1.46. The summed E-state index contributed by atoms with van der Waals surface area (Å²) in [6.07, 6.45) is 1.94. The standard InChI is InChI=1S/C17H25O6P/c1-5-6-15(11-22-7-8-24(19,20)21)17(18)23-16-13(3)9-12(2)10-14(16)4/h6,9-10H,5,7-8,11H2,1-4H3,(H2,19,20,21). The van der Waals surface area contributed by atoms with Crippen molar-refractivity contribution in [3.8, 4) is 5.75 Å². The first-order valence-electron chi connectivity index (χ1n) is 7.75. The number of hydrogen-bond donors (Lipinski definition) is 2. The number of rotatable bonds is 8. The predicted octanol–water partition coefficient (Wildman–Crippen LogP) is 3.05. The Labute approximate surface area is 142 Å². The summed E-state index contributed by atoms with van der Waals surface area (Å²) < 4.78 is 21.5. The minimum atomic E-state index is -4.10. The highest BCUT2D eigenvalue weighted by molar-refractivity contribution is 7.51. The smallest absolute Gasteiger partial charge is 0.341 e. The van der Waals surface area contributed by atoms with Crippen molar-refractivity contribution in [2.75, 3.05) is 19.4 Å². The number of ether oxygens (including phenoxy) is 2. The maximum Gasteiger partial charge on any atom is 0.341 e. The predicted molar refractivity (Wildman–Crippen MR) is 92.4 cm³/mol. The average molecular weight is 356 g/mol. The highest BCUT2D eigenvalue weighted by Gasteiger charge is 2.17. The van der Waals surface area contributed by atoms with Crippen LogP contribution < -0.4 is 4.74 Å². The number of carbonyl (C=O) groups is 1. The molecule has 0 fully saturated rings. The van der Waals surface area contributed by atoms with Crippen LogP contribution in [-0.2, 0) is 14.1 Å². The number of hydrogen-bond acceptors (Lipinski definition) is 4. The van der Waals surface area contributed by atoms with Gasteiger partial charge >= 0.3 is 13.6 Å². The first-order chi connectivity index (χ1) is 11.1. The first kappa shape index (κ1) is 20.6. The molecule has 0 saturated carbocycles. The van der Waals surface area contributed by atoms with E-state index in [2.05, 4.69) is 0 Å². The normalized spacial score (nSPS) is 12.3. The van der Waals surface area contributed by atoms with Gasteiger partial charge in [0.2, 0.25) is 0 Å². The Balaban J connectivity index is 2.74. The van der Waals surface area contributed by atoms with E-state index in [4.69, 9.17) is 19.3 Å². The van der Waals surface area contributed by atoms with Crippen molar-refractivity contribution in [2.45, 2.75) is 34.1 Å². The van der Waals surface area contributed by atoms with E-state index in [-0.39, 0.29) is 19.4 Å². The molecule has 0 unspecified atom stereocenters. The lowest BCUT2D eigenvalue weighted by molar-refractivity contribution is -0.130. The van der Waals surface area contributed by atoms with E-state index in [1.165, 1.54) is 0 Å². The fraction of sp³-hybridized carbons (Fsp3) is 0.471. The Morgan fingerprint density at radius 2 is 1.79 bits per heavy atom. The number of aryl methyl sites for hydroxylation is 3. The second-order valence-corrected chi connectivity index (χ2v) is 7.47. The fourth-order valence-electron chi connectivity index (χ4n) is 2.30. The van der Waals surface area contributed by atoms with Crippen molar-refractivity contribution >= 4 is 13.6 Å². The molecule has 0 saturated heterocycles. The molecule has 0 aliphatic carbocycles. The maximum atomic E-state index is 12.4. The molecule has 24 heavy (non-hydrogen) atoms. The molecule has 0 atom stereocenters. The summed E-state index contributed by atoms with van der Waals surface area (Å²) >= 11 is 0. The van der Waals surface area contributed by atoms with Crippen LogP contribution in [0.15, 0.2) is 23.8 Å². The van der Waals surface area contributed by atoms with Crippen molar-refractivity contribution in [3.63, 3.8) is 0 Å². The molecule has 6 nitrogen and oxygen atoms in total. The largest absolute Gasteiger partial charge is 0.423 e. The molecule has 0 amide bonds. The van der Waals surface area contributed by atoms with Crippen LogP contribution in [0.2, 0.25) is 0 Å². The van der Waals surface area contributed by atoms with Crippen molar-refractivity contribution < 1.29 is 28.6 Å². The monoisotopic (exact) mass is 356 g/mol. The molecule has 1 aromatic rings. The third kappa shape index (κ3) is 6.97. The molecule has 7 heteroatoms. The Morgan fingerprint density at radius 3 is 2.29 bits per heavy atom. The van der Waals surface area contributed by atoms with E-state index < -0.39 is 13.6 Å². The van der Waals surface area contributed by atoms with E-state index in [9.17, 15) is 9.36 Å². The van der Waals surface area contributed by atoms with Gasteiger partial charge in [-0.2, -0.15) is 0 Å². The SMILES string of the molecule is CCC=C(COCCP(=O)(O)O)C(=O)Oc1c(C)cc(C)cc1C. The lowest BCUT2D eigenvalue weighted by Crippen LogP contribution is -2.17. The summed E-state index contributed by atoms with van der Waals surface area (Å²) in [6, 6.07) is 3.88. The van der Waals surface area contributed by atoms with Gasteiger partial charge in [-0.3, -0.25) is 4.57 Å². The molecule has 2 N–H and O–H groups in total. The van der Waals surface area contributed by atoms with Crippen LogP contribution >= 0.6 is 7.60 Å². The van der Waals surface area contributed by atoms with Crippen molar-refractivity contribution in [2.24, 2.45) is 0 Å². The van der Waals surface area contributed by atoms with Crippen LogP contribution in [0.1, 0.15) is 30.0 Å². The molecule has 1 aromatic carbocycles. The highest BCUT2D eigenvalue weighted by atomic mass is 31.2. The molecular formula is C17H25O6P. The molecule has 0 radical (unpaired) electrons. The van der Waals surface area contributed by atoms with Crippen LogP contribution in [0.5, 0.6) is 5.75 Å². The van der Waals surface area contributed by atoms with Crippen molar-refractivity contribution in [3.05, 3.63) is 40.5 Å². The van der Waals surface area contributed by atoms with E-state index in [0.29, 0.717) is 17.7 Å². The molecule has 0 spiro atoms. The Morgan fingerprint density at radius 1 is 1.21 bits per heavy atom. The topological polar surface area (TPSA) is 93.1 Å². The number of benzene rings is 1. The van der Waals surface area contributed by atoms with Gasteiger partial charge < -0.3 is 19.3 Å². The lowest BCUT2D eigenvalue weighted by Gasteiger charge is -2.13. The van der Waals surface area contributed by atoms with Gasteiger partial charge in [-0.25, -0.2) is 4.79 Å². The quantitative estimate of drug-likeness (QED) is 0.244. The molecular weight excluding hydrogens is 331 g/mol. The second-order valence-electron chi connectivity index (χ2n) is 5.70. The third-order valence-electron chi connectivity index (χ3n) is 3.30. The maximum absolute atomic E-state index is 12.4. The lowest BCUT2D eigenvalue weighted by atomic mass is 10.1. The van der Waals surface area contributed by atoms with Crippen LogP contribution in [-0.4, -0.2) is 35.1 Å². The van der Waals surface area contributed by atoms with E-state index in [1.807, 2.05) is 39.8 Å². The average Bonchev–Trinajstić information content (AvgIpc) is 2.44. The van der Waals surface area contributed by atoms with Gasteiger partial charge in [0.1, 0.15) is 5.75 Å². The minimum Gasteiger partial charge on any atom is -0.423 e. The van der Waals surface area contributed by atoms with E-state index in [1.54, 1.807) is 6.08 Å². The van der Waals surface area contributed by atoms with Crippen LogP contribution in [0.25, 0.3) is 0 Å². The molecule has 0 bridgehead atoms. The summed E-state index contributed by atoms with van der Waals surface area (Å²) in [4.78, 5) is 30.0. The summed E-state index contributed by atoms with van der Waals surface area (Å²) in [6.45, 7) is 7.44. The first-order valence-corrected chi connectivity index (χ1v) is 9.55. The van der Waals surface area contributed by atoms with Crippen molar-refractivity contribution in [1.82, 2.24) is 0 Å². The zero-order chi connectivity index (χ0) is 18.3. The van der Waals surface area contributed by atoms with E-state index in [0.717, 1.165) is 16.7 Å². The van der Waals surface area contributed by atoms with Gasteiger partial charge in [-0.1, -0.05) is 30.7 Å². The Bertz CT molecular complexity index is 636. The summed E-state index contributed by atoms with van der Waals surface area (Å²) in [5.41, 5.74) is 3.18. The molecule has 134 valence electrons. The van der Waals surface area contributed by atoms with E-state index >= 15 is 0 Å². The summed E-state index contributed by atoms with van der Waals surface area (Å²) in [5, 5.41) is 0. The number of carbonyl (C=O) groups excluding carboxylic acids is 1. The molecule has 0 aliphatic heterocycles. The number of allylic oxidation sites excluding steroid dienone is 1. The van der Waals surface area contributed by atoms with Gasteiger partial charge in [0.05, 0.1) is 24.9 Å². The molecule has 0 heterocycles. The second kappa shape index (κ2) is 9.14. The van der Waals surface area contributed by atoms with Crippen molar-refractivity contribution in [1.29, 1.82) is 0 Å². The van der Waals surface area contributed by atoms with Crippen LogP contribution in [0.3, 0.4) is 0 Å². The number of esters is 1. The van der Waals surface area contributed by atoms with Gasteiger partial charge in [0.15, 0.2) is 0 Å². The van der Waals surface area contributed by atoms with Gasteiger partial charge in [-0.15, -0.1) is 0 Å². The van der Waals surface area contributed by atoms with Crippen LogP contribution in [0.4, 0.5) is 0 Å². The zero-order valence-electron chi connectivity index (χ0n) is 14.5. The third-order valence-corrected chi connectivity index (χ3v) is 4.06. The molecule has 0 aliphatic rings. The van der Waals surface area contributed by atoms with Gasteiger partial charge in [-0.05, 0) is 38.3 Å². The zero-order valence-corrected chi connectivity index (χ0v) is 15.4. The van der Waals surface area contributed by atoms with Crippen LogP contribution in [0, 0.1) is 20.8 Å². The molecule has 0 aromatic heterocycles. The summed E-state index contributed by atoms with van der Waals surface area (Å²) in [5.74, 6) is 0.0194. The highest BCUT2D eigenvalue weighted by Crippen LogP contribution is 2.33. The fourth-order valence-corrected chi connectivity index (χ4v) is 2.67. The summed E-state index contributed by atoms with van der Waals surface area (Å²) in [7, 11) is -4.10. The van der Waals surface area contributed by atoms with Gasteiger partial charge in [0, 0.05) is 0 Å². The molecule has 1 rings (SSSR count). The minimum absolute atomic E-state index is 0.0450.